The van der Waals surface area contributed by atoms with Gasteiger partial charge in [0, 0.05) is 16.8 Å². The van der Waals surface area contributed by atoms with E-state index in [-0.39, 0.29) is 24.8 Å². The van der Waals surface area contributed by atoms with E-state index in [1.165, 1.54) is 12.8 Å². The zero-order valence-corrected chi connectivity index (χ0v) is 11.3. The zero-order valence-electron chi connectivity index (χ0n) is 8.91. The Hall–Kier alpha value is -0.150. The molecule has 0 aliphatic carbocycles. The van der Waals surface area contributed by atoms with E-state index in [1.807, 2.05) is 18.2 Å². The molecule has 1 aliphatic heterocycles. The molecule has 0 spiro atoms. The first-order valence-electron chi connectivity index (χ1n) is 5.07. The molecular weight excluding hydrogens is 266 g/mol. The fraction of sp³-hybridized carbons (Fsp3) is 0.455. The predicted molar refractivity (Wildman–Crippen MR) is 75.5 cm³/mol. The number of halogens is 3. The Morgan fingerprint density at radius 3 is 2.50 bits per heavy atom. The molecule has 0 unspecified atom stereocenters. The molecule has 1 saturated heterocycles. The molecule has 0 bridgehead atoms. The van der Waals surface area contributed by atoms with Gasteiger partial charge in [-0.2, -0.15) is 0 Å². The standard InChI is InChI=1S/C11H15ClN2.2ClH/c12-9-2-1-3-11(8-9)14-10-4-6-13-7-5-10;;/h1-3,8,10,13-14H,4-7H2;2*1H. The lowest BCUT2D eigenvalue weighted by molar-refractivity contribution is 0.479. The van der Waals surface area contributed by atoms with Crippen LogP contribution in [-0.2, 0) is 0 Å². The number of rotatable bonds is 2. The minimum absolute atomic E-state index is 0. The molecule has 0 atom stereocenters. The SMILES string of the molecule is Cl.Cl.Clc1cccc(NC2CCNCC2)c1. The molecule has 2 rings (SSSR count). The third-order valence-corrected chi connectivity index (χ3v) is 2.77. The van der Waals surface area contributed by atoms with E-state index in [2.05, 4.69) is 16.7 Å². The summed E-state index contributed by atoms with van der Waals surface area (Å²) in [5, 5.41) is 7.64. The molecule has 0 radical (unpaired) electrons. The van der Waals surface area contributed by atoms with Gasteiger partial charge in [-0.1, -0.05) is 17.7 Å². The maximum atomic E-state index is 5.91. The van der Waals surface area contributed by atoms with Crippen LogP contribution in [0.1, 0.15) is 12.8 Å². The summed E-state index contributed by atoms with van der Waals surface area (Å²) in [7, 11) is 0. The molecule has 2 nitrogen and oxygen atoms in total. The molecule has 0 aromatic heterocycles. The lowest BCUT2D eigenvalue weighted by atomic mass is 10.1. The van der Waals surface area contributed by atoms with E-state index < -0.39 is 0 Å². The molecule has 2 N–H and O–H groups in total. The van der Waals surface area contributed by atoms with Crippen molar-refractivity contribution in [3.63, 3.8) is 0 Å². The number of hydrogen-bond donors (Lipinski definition) is 2. The number of benzene rings is 1. The van der Waals surface area contributed by atoms with Crippen LogP contribution in [0.5, 0.6) is 0 Å². The minimum atomic E-state index is 0. The minimum Gasteiger partial charge on any atom is -0.382 e. The molecule has 1 aromatic rings. The lowest BCUT2D eigenvalue weighted by Gasteiger charge is -2.24. The van der Waals surface area contributed by atoms with E-state index in [9.17, 15) is 0 Å². The van der Waals surface area contributed by atoms with E-state index in [0.29, 0.717) is 6.04 Å². The second-order valence-corrected chi connectivity index (χ2v) is 4.12. The van der Waals surface area contributed by atoms with Crippen LogP contribution in [-0.4, -0.2) is 19.1 Å². The van der Waals surface area contributed by atoms with Crippen LogP contribution in [0.15, 0.2) is 24.3 Å². The average Bonchev–Trinajstić information content (AvgIpc) is 2.19. The molecule has 92 valence electrons. The fourth-order valence-corrected chi connectivity index (χ4v) is 1.97. The van der Waals surface area contributed by atoms with Gasteiger partial charge in [-0.15, -0.1) is 24.8 Å². The van der Waals surface area contributed by atoms with Crippen molar-refractivity contribution in [2.75, 3.05) is 18.4 Å². The highest BCUT2D eigenvalue weighted by Crippen LogP contribution is 2.17. The van der Waals surface area contributed by atoms with Gasteiger partial charge in [0.25, 0.3) is 0 Å². The Morgan fingerprint density at radius 2 is 1.88 bits per heavy atom. The van der Waals surface area contributed by atoms with Crippen LogP contribution >= 0.6 is 36.4 Å². The van der Waals surface area contributed by atoms with Crippen molar-refractivity contribution in [1.82, 2.24) is 5.32 Å². The van der Waals surface area contributed by atoms with E-state index in [4.69, 9.17) is 11.6 Å². The highest BCUT2D eigenvalue weighted by atomic mass is 35.5. The monoisotopic (exact) mass is 282 g/mol. The lowest BCUT2D eigenvalue weighted by Crippen LogP contribution is -2.35. The maximum Gasteiger partial charge on any atom is 0.0426 e. The van der Waals surface area contributed by atoms with Gasteiger partial charge in [-0.05, 0) is 44.1 Å². The topological polar surface area (TPSA) is 24.1 Å². The van der Waals surface area contributed by atoms with Crippen molar-refractivity contribution in [1.29, 1.82) is 0 Å². The first-order valence-corrected chi connectivity index (χ1v) is 5.45. The van der Waals surface area contributed by atoms with Crippen molar-refractivity contribution in [3.8, 4) is 0 Å². The summed E-state index contributed by atoms with van der Waals surface area (Å²) in [6.45, 7) is 2.22. The van der Waals surface area contributed by atoms with Crippen LogP contribution in [0.3, 0.4) is 0 Å². The van der Waals surface area contributed by atoms with Gasteiger partial charge in [-0.3, -0.25) is 0 Å². The number of hydrogen-bond acceptors (Lipinski definition) is 2. The number of nitrogens with one attached hydrogen (secondary N) is 2. The second-order valence-electron chi connectivity index (χ2n) is 3.68. The Balaban J connectivity index is 0.00000112. The Labute approximate surface area is 114 Å². The van der Waals surface area contributed by atoms with Gasteiger partial charge in [0.05, 0.1) is 0 Å². The van der Waals surface area contributed by atoms with Crippen LogP contribution < -0.4 is 10.6 Å². The summed E-state index contributed by atoms with van der Waals surface area (Å²) in [5.41, 5.74) is 1.13. The van der Waals surface area contributed by atoms with Crippen molar-refractivity contribution in [3.05, 3.63) is 29.3 Å². The third kappa shape index (κ3) is 4.79. The molecule has 16 heavy (non-hydrogen) atoms. The van der Waals surface area contributed by atoms with Gasteiger partial charge in [0.2, 0.25) is 0 Å². The molecule has 1 fully saturated rings. The van der Waals surface area contributed by atoms with E-state index >= 15 is 0 Å². The molecule has 1 aliphatic rings. The van der Waals surface area contributed by atoms with Gasteiger partial charge in [0.1, 0.15) is 0 Å². The summed E-state index contributed by atoms with van der Waals surface area (Å²) < 4.78 is 0. The Kier molecular flexibility index (Phi) is 7.94. The summed E-state index contributed by atoms with van der Waals surface area (Å²) in [6, 6.07) is 8.51. The molecule has 5 heteroatoms. The highest BCUT2D eigenvalue weighted by molar-refractivity contribution is 6.30. The predicted octanol–water partition coefficient (Wildman–Crippen LogP) is 3.35. The number of piperidine rings is 1. The number of anilines is 1. The third-order valence-electron chi connectivity index (χ3n) is 2.53. The highest BCUT2D eigenvalue weighted by Gasteiger charge is 2.11. The van der Waals surface area contributed by atoms with Crippen molar-refractivity contribution in [2.45, 2.75) is 18.9 Å². The Morgan fingerprint density at radius 1 is 1.19 bits per heavy atom. The average molecular weight is 284 g/mol. The Bertz CT molecular complexity index is 301. The van der Waals surface area contributed by atoms with Gasteiger partial charge >= 0.3 is 0 Å². The first kappa shape index (κ1) is 15.9. The van der Waals surface area contributed by atoms with Crippen molar-refractivity contribution in [2.24, 2.45) is 0 Å². The van der Waals surface area contributed by atoms with E-state index in [0.717, 1.165) is 23.8 Å². The summed E-state index contributed by atoms with van der Waals surface area (Å²) in [5.74, 6) is 0. The van der Waals surface area contributed by atoms with Crippen LogP contribution in [0.2, 0.25) is 5.02 Å². The molecule has 0 saturated carbocycles. The normalized spacial score (nSPS) is 15.8. The zero-order chi connectivity index (χ0) is 9.80. The quantitative estimate of drug-likeness (QED) is 0.870. The first-order chi connectivity index (χ1) is 6.84. The smallest absolute Gasteiger partial charge is 0.0426 e. The van der Waals surface area contributed by atoms with Gasteiger partial charge in [0.15, 0.2) is 0 Å². The molecule has 1 heterocycles. The fourth-order valence-electron chi connectivity index (χ4n) is 1.78. The molecule has 1 aromatic carbocycles. The van der Waals surface area contributed by atoms with Crippen LogP contribution in [0, 0.1) is 0 Å². The largest absolute Gasteiger partial charge is 0.382 e. The second kappa shape index (κ2) is 8.02. The van der Waals surface area contributed by atoms with Crippen molar-refractivity contribution < 1.29 is 0 Å². The maximum absolute atomic E-state index is 5.91. The molecule has 0 amide bonds. The van der Waals surface area contributed by atoms with Gasteiger partial charge < -0.3 is 10.6 Å². The van der Waals surface area contributed by atoms with Crippen LogP contribution in [0.4, 0.5) is 5.69 Å². The van der Waals surface area contributed by atoms with Crippen LogP contribution in [0.25, 0.3) is 0 Å². The summed E-state index contributed by atoms with van der Waals surface area (Å²) >= 11 is 5.91. The van der Waals surface area contributed by atoms with Crippen molar-refractivity contribution >= 4 is 42.1 Å². The molecular formula is C11H17Cl3N2. The summed E-state index contributed by atoms with van der Waals surface area (Å²) in [6.07, 6.45) is 2.37. The summed E-state index contributed by atoms with van der Waals surface area (Å²) in [4.78, 5) is 0. The van der Waals surface area contributed by atoms with E-state index in [1.54, 1.807) is 0 Å². The van der Waals surface area contributed by atoms with Gasteiger partial charge in [-0.25, -0.2) is 0 Å².